The van der Waals surface area contributed by atoms with Gasteiger partial charge in [0.2, 0.25) is 6.08 Å². The summed E-state index contributed by atoms with van der Waals surface area (Å²) in [6.07, 6.45) is 4.46. The van der Waals surface area contributed by atoms with Crippen molar-refractivity contribution < 1.29 is 9.18 Å². The number of carbonyl (C=O) groups excluding carboxylic acids is 1. The zero-order chi connectivity index (χ0) is 12.0. The van der Waals surface area contributed by atoms with E-state index in [4.69, 9.17) is 0 Å². The van der Waals surface area contributed by atoms with Gasteiger partial charge in [0, 0.05) is 18.1 Å². The van der Waals surface area contributed by atoms with Gasteiger partial charge in [-0.2, -0.15) is 4.99 Å². The third-order valence-corrected chi connectivity index (χ3v) is 3.29. The van der Waals surface area contributed by atoms with E-state index in [1.54, 1.807) is 6.08 Å². The highest BCUT2D eigenvalue weighted by Crippen LogP contribution is 2.50. The number of halogens is 1. The fourth-order valence-electron chi connectivity index (χ4n) is 2.27. The van der Waals surface area contributed by atoms with E-state index in [1.807, 2.05) is 17.7 Å². The average Bonchev–Trinajstić information content (AvgIpc) is 2.99. The van der Waals surface area contributed by atoms with E-state index < -0.39 is 5.54 Å². The first-order valence-electron chi connectivity index (χ1n) is 5.37. The molecule has 0 aromatic carbocycles. The molecular formula is C12H10FN3O. The van der Waals surface area contributed by atoms with Crippen molar-refractivity contribution >= 4 is 17.1 Å². The van der Waals surface area contributed by atoms with Crippen LogP contribution in [0.2, 0.25) is 0 Å². The predicted molar refractivity (Wildman–Crippen MR) is 59.7 cm³/mol. The number of pyridine rings is 1. The molecule has 0 amide bonds. The summed E-state index contributed by atoms with van der Waals surface area (Å²) < 4.78 is 14.9. The van der Waals surface area contributed by atoms with Crippen LogP contribution in [-0.2, 0) is 17.4 Å². The highest BCUT2D eigenvalue weighted by Gasteiger charge is 2.47. The average molecular weight is 231 g/mol. The Morgan fingerprint density at radius 2 is 2.29 bits per heavy atom. The highest BCUT2D eigenvalue weighted by molar-refractivity contribution is 5.78. The molecule has 1 aliphatic rings. The maximum atomic E-state index is 13.1. The fraction of sp³-hybridized carbons (Fsp3) is 0.333. The van der Waals surface area contributed by atoms with E-state index in [-0.39, 0.29) is 5.82 Å². The lowest BCUT2D eigenvalue weighted by Gasteiger charge is -2.08. The second-order valence-electron chi connectivity index (χ2n) is 4.39. The number of rotatable bonds is 2. The molecule has 2 aromatic rings. The fourth-order valence-corrected chi connectivity index (χ4v) is 2.27. The monoisotopic (exact) mass is 231 g/mol. The molecule has 1 saturated carbocycles. The Labute approximate surface area is 96.8 Å². The van der Waals surface area contributed by atoms with Gasteiger partial charge in [-0.05, 0) is 25.0 Å². The SMILES string of the molecule is Cn1c(C2(N=C=O)CC2)cc2cc(F)cnc21. The largest absolute Gasteiger partial charge is 0.330 e. The normalized spacial score (nSPS) is 16.8. The first kappa shape index (κ1) is 10.2. The summed E-state index contributed by atoms with van der Waals surface area (Å²) in [5.74, 6) is -0.363. The zero-order valence-electron chi connectivity index (χ0n) is 9.27. The molecule has 0 atom stereocenters. The molecule has 0 aliphatic heterocycles. The van der Waals surface area contributed by atoms with Crippen LogP contribution in [0.3, 0.4) is 0 Å². The first-order chi connectivity index (χ1) is 8.16. The lowest BCUT2D eigenvalue weighted by Crippen LogP contribution is -2.08. The molecule has 2 heterocycles. The van der Waals surface area contributed by atoms with E-state index >= 15 is 0 Å². The molecule has 1 fully saturated rings. The summed E-state index contributed by atoms with van der Waals surface area (Å²) in [5, 5.41) is 0.731. The molecule has 17 heavy (non-hydrogen) atoms. The molecule has 0 spiro atoms. The van der Waals surface area contributed by atoms with Crippen LogP contribution in [0, 0.1) is 5.82 Å². The lowest BCUT2D eigenvalue weighted by molar-refractivity contribution is 0.553. The van der Waals surface area contributed by atoms with E-state index in [0.29, 0.717) is 5.65 Å². The molecule has 1 aliphatic carbocycles. The van der Waals surface area contributed by atoms with Crippen molar-refractivity contribution in [1.29, 1.82) is 0 Å². The van der Waals surface area contributed by atoms with E-state index in [9.17, 15) is 9.18 Å². The summed E-state index contributed by atoms with van der Waals surface area (Å²) in [6, 6.07) is 3.28. The summed E-state index contributed by atoms with van der Waals surface area (Å²) in [7, 11) is 1.85. The first-order valence-corrected chi connectivity index (χ1v) is 5.37. The lowest BCUT2D eigenvalue weighted by atomic mass is 10.2. The van der Waals surface area contributed by atoms with Gasteiger partial charge in [0.1, 0.15) is 17.0 Å². The smallest absolute Gasteiger partial charge is 0.235 e. The summed E-state index contributed by atoms with van der Waals surface area (Å²) in [6.45, 7) is 0. The van der Waals surface area contributed by atoms with Crippen molar-refractivity contribution in [3.63, 3.8) is 0 Å². The summed E-state index contributed by atoms with van der Waals surface area (Å²) in [4.78, 5) is 18.4. The molecule has 2 aromatic heterocycles. The Morgan fingerprint density at radius 3 is 2.94 bits per heavy atom. The highest BCUT2D eigenvalue weighted by atomic mass is 19.1. The summed E-state index contributed by atoms with van der Waals surface area (Å²) >= 11 is 0. The molecule has 3 rings (SSSR count). The predicted octanol–water partition coefficient (Wildman–Crippen LogP) is 2.04. The quantitative estimate of drug-likeness (QED) is 0.586. The number of aliphatic imine (C=N–C) groups is 1. The van der Waals surface area contributed by atoms with Gasteiger partial charge >= 0.3 is 0 Å². The van der Waals surface area contributed by atoms with Crippen molar-refractivity contribution in [3.8, 4) is 0 Å². The van der Waals surface area contributed by atoms with Gasteiger partial charge in [0.15, 0.2) is 0 Å². The van der Waals surface area contributed by atoms with Gasteiger partial charge in [-0.25, -0.2) is 14.2 Å². The minimum absolute atomic E-state index is 0.363. The van der Waals surface area contributed by atoms with Crippen LogP contribution in [0.15, 0.2) is 23.3 Å². The van der Waals surface area contributed by atoms with Gasteiger partial charge in [-0.3, -0.25) is 0 Å². The Morgan fingerprint density at radius 1 is 1.53 bits per heavy atom. The molecule has 0 unspecified atom stereocenters. The Bertz CT molecular complexity index is 651. The van der Waals surface area contributed by atoms with E-state index in [1.165, 1.54) is 12.3 Å². The minimum Gasteiger partial charge on any atom is -0.330 e. The van der Waals surface area contributed by atoms with Crippen LogP contribution in [0.5, 0.6) is 0 Å². The Hall–Kier alpha value is -2.00. The van der Waals surface area contributed by atoms with E-state index in [0.717, 1.165) is 23.9 Å². The molecule has 0 radical (unpaired) electrons. The Kier molecular flexibility index (Phi) is 1.94. The van der Waals surface area contributed by atoms with Gasteiger partial charge < -0.3 is 4.57 Å². The van der Waals surface area contributed by atoms with Crippen LogP contribution in [0.4, 0.5) is 4.39 Å². The molecular weight excluding hydrogens is 221 g/mol. The number of hydrogen-bond acceptors (Lipinski definition) is 3. The maximum absolute atomic E-state index is 13.1. The Balaban J connectivity index is 2.25. The molecule has 0 saturated heterocycles. The van der Waals surface area contributed by atoms with Gasteiger partial charge in [-0.1, -0.05) is 0 Å². The second-order valence-corrected chi connectivity index (χ2v) is 4.39. The van der Waals surface area contributed by atoms with Crippen LogP contribution in [-0.4, -0.2) is 15.6 Å². The van der Waals surface area contributed by atoms with Crippen LogP contribution in [0.1, 0.15) is 18.5 Å². The molecule has 5 heteroatoms. The van der Waals surface area contributed by atoms with Crippen molar-refractivity contribution in [2.24, 2.45) is 12.0 Å². The van der Waals surface area contributed by atoms with Crippen molar-refractivity contribution in [3.05, 3.63) is 29.8 Å². The number of nitrogens with zero attached hydrogens (tertiary/aromatic N) is 3. The number of aromatic nitrogens is 2. The van der Waals surface area contributed by atoms with Crippen molar-refractivity contribution in [1.82, 2.24) is 9.55 Å². The molecule has 86 valence electrons. The number of hydrogen-bond donors (Lipinski definition) is 0. The van der Waals surface area contributed by atoms with Gasteiger partial charge in [0.05, 0.1) is 6.20 Å². The number of fused-ring (bicyclic) bond motifs is 1. The third kappa shape index (κ3) is 1.40. The third-order valence-electron chi connectivity index (χ3n) is 3.29. The van der Waals surface area contributed by atoms with Crippen LogP contribution < -0.4 is 0 Å². The topological polar surface area (TPSA) is 47.2 Å². The summed E-state index contributed by atoms with van der Waals surface area (Å²) in [5.41, 5.74) is 1.15. The standard InChI is InChI=1S/C12H10FN3O/c1-16-10(12(2-3-12)15-7-17)5-8-4-9(13)6-14-11(8)16/h4-6H,2-3H2,1H3. The van der Waals surface area contributed by atoms with Gasteiger partial charge in [-0.15, -0.1) is 0 Å². The van der Waals surface area contributed by atoms with Gasteiger partial charge in [0.25, 0.3) is 0 Å². The second kappa shape index (κ2) is 3.25. The van der Waals surface area contributed by atoms with Crippen molar-refractivity contribution in [2.75, 3.05) is 0 Å². The molecule has 0 bridgehead atoms. The molecule has 0 N–H and O–H groups in total. The van der Waals surface area contributed by atoms with Crippen LogP contribution in [0.25, 0.3) is 11.0 Å². The van der Waals surface area contributed by atoms with Crippen LogP contribution >= 0.6 is 0 Å². The van der Waals surface area contributed by atoms with E-state index in [2.05, 4.69) is 9.98 Å². The number of aryl methyl sites for hydroxylation is 1. The minimum atomic E-state index is -0.451. The molecule has 4 nitrogen and oxygen atoms in total. The zero-order valence-corrected chi connectivity index (χ0v) is 9.27. The van der Waals surface area contributed by atoms with Crippen molar-refractivity contribution in [2.45, 2.75) is 18.4 Å². The number of isocyanates is 1. The maximum Gasteiger partial charge on any atom is 0.235 e.